The van der Waals surface area contributed by atoms with Crippen molar-refractivity contribution in [3.8, 4) is 0 Å². The third-order valence-corrected chi connectivity index (χ3v) is 5.84. The van der Waals surface area contributed by atoms with E-state index in [1.807, 2.05) is 12.1 Å². The van der Waals surface area contributed by atoms with Crippen molar-refractivity contribution in [2.45, 2.75) is 11.4 Å². The molecule has 6 nitrogen and oxygen atoms in total. The summed E-state index contributed by atoms with van der Waals surface area (Å²) in [6.07, 6.45) is 1.70. The molecule has 2 aromatic rings. The molecule has 8 heteroatoms. The molecule has 0 radical (unpaired) electrons. The second kappa shape index (κ2) is 5.73. The van der Waals surface area contributed by atoms with Crippen LogP contribution in [0.25, 0.3) is 10.9 Å². The van der Waals surface area contributed by atoms with E-state index in [0.717, 1.165) is 10.9 Å². The number of benzene rings is 1. The van der Waals surface area contributed by atoms with Gasteiger partial charge in [-0.05, 0) is 24.3 Å². The highest BCUT2D eigenvalue weighted by Crippen LogP contribution is 2.19. The Bertz CT molecular complexity index is 825. The molecule has 116 valence electrons. The summed E-state index contributed by atoms with van der Waals surface area (Å²) >= 11 is 5.96. The van der Waals surface area contributed by atoms with E-state index in [2.05, 4.69) is 15.6 Å². The lowest BCUT2D eigenvalue weighted by atomic mass is 10.2. The number of amides is 2. The summed E-state index contributed by atoms with van der Waals surface area (Å²) in [7, 11) is -3.17. The lowest BCUT2D eigenvalue weighted by Crippen LogP contribution is -2.42. The van der Waals surface area contributed by atoms with E-state index < -0.39 is 27.3 Å². The van der Waals surface area contributed by atoms with Gasteiger partial charge < -0.3 is 10.6 Å². The molecule has 1 fully saturated rings. The number of nitrogens with one attached hydrogen (secondary N) is 2. The van der Waals surface area contributed by atoms with Gasteiger partial charge in [-0.25, -0.2) is 13.2 Å². The number of urea groups is 1. The second-order valence-corrected chi connectivity index (χ2v) is 7.92. The van der Waals surface area contributed by atoms with Crippen LogP contribution in [0.4, 0.5) is 10.5 Å². The van der Waals surface area contributed by atoms with Crippen molar-refractivity contribution in [3.63, 3.8) is 0 Å². The highest BCUT2D eigenvalue weighted by molar-refractivity contribution is 7.91. The van der Waals surface area contributed by atoms with Crippen LogP contribution in [-0.2, 0) is 9.84 Å². The molecule has 0 unspecified atom stereocenters. The number of rotatable bonds is 2. The van der Waals surface area contributed by atoms with Gasteiger partial charge in [-0.3, -0.25) is 4.98 Å². The molecule has 1 saturated heterocycles. The third kappa shape index (κ3) is 3.31. The summed E-state index contributed by atoms with van der Waals surface area (Å²) in [5.74, 6) is -0.239. The zero-order valence-corrected chi connectivity index (χ0v) is 13.1. The first kappa shape index (κ1) is 15.1. The average molecular weight is 340 g/mol. The average Bonchev–Trinajstić information content (AvgIpc) is 2.71. The van der Waals surface area contributed by atoms with Gasteiger partial charge in [-0.2, -0.15) is 0 Å². The molecule has 1 aromatic heterocycles. The fourth-order valence-electron chi connectivity index (χ4n) is 2.43. The maximum atomic E-state index is 12.0. The molecular formula is C14H14ClN3O3S. The van der Waals surface area contributed by atoms with Crippen molar-refractivity contribution in [2.75, 3.05) is 16.8 Å². The number of alkyl halides is 1. The van der Waals surface area contributed by atoms with Gasteiger partial charge in [0.15, 0.2) is 9.84 Å². The largest absolute Gasteiger partial charge is 0.333 e. The number of sulfone groups is 1. The Kier molecular flexibility index (Phi) is 3.92. The monoisotopic (exact) mass is 339 g/mol. The lowest BCUT2D eigenvalue weighted by molar-refractivity contribution is 0.249. The lowest BCUT2D eigenvalue weighted by Gasteiger charge is -2.15. The topological polar surface area (TPSA) is 88.2 Å². The van der Waals surface area contributed by atoms with Crippen LogP contribution in [0.1, 0.15) is 0 Å². The molecule has 0 bridgehead atoms. The predicted molar refractivity (Wildman–Crippen MR) is 86.0 cm³/mol. The van der Waals surface area contributed by atoms with E-state index in [1.165, 1.54) is 0 Å². The van der Waals surface area contributed by atoms with Crippen molar-refractivity contribution in [2.24, 2.45) is 0 Å². The number of nitrogens with zero attached hydrogens (tertiary/aromatic N) is 1. The summed E-state index contributed by atoms with van der Waals surface area (Å²) in [4.78, 5) is 16.2. The standard InChI is InChI=1S/C14H14ClN3O3S/c15-11-7-22(20,21)8-13(11)18-14(19)17-10-3-4-12-9(6-10)2-1-5-16-12/h1-6,11,13H,7-8H2,(H2,17,18,19)/t11-,13-/m1/s1. The number of anilines is 1. The van der Waals surface area contributed by atoms with E-state index >= 15 is 0 Å². The summed E-state index contributed by atoms with van der Waals surface area (Å²) in [5, 5.41) is 5.58. The Hall–Kier alpha value is -1.86. The molecular weight excluding hydrogens is 326 g/mol. The smallest absolute Gasteiger partial charge is 0.319 e. The third-order valence-electron chi connectivity index (χ3n) is 3.46. The zero-order chi connectivity index (χ0) is 15.7. The number of hydrogen-bond donors (Lipinski definition) is 2. The minimum atomic E-state index is -3.17. The maximum absolute atomic E-state index is 12.0. The molecule has 1 aliphatic rings. The summed E-state index contributed by atoms with van der Waals surface area (Å²) in [5.41, 5.74) is 1.43. The molecule has 1 aromatic carbocycles. The quantitative estimate of drug-likeness (QED) is 0.816. The predicted octanol–water partition coefficient (Wildman–Crippen LogP) is 1.76. The fourth-order valence-corrected chi connectivity index (χ4v) is 4.98. The number of aromatic nitrogens is 1. The van der Waals surface area contributed by atoms with Gasteiger partial charge in [0.05, 0.1) is 28.4 Å². The van der Waals surface area contributed by atoms with Gasteiger partial charge >= 0.3 is 6.03 Å². The van der Waals surface area contributed by atoms with Gasteiger partial charge in [0.2, 0.25) is 0 Å². The second-order valence-electron chi connectivity index (χ2n) is 5.21. The number of hydrogen-bond acceptors (Lipinski definition) is 4. The maximum Gasteiger partial charge on any atom is 0.319 e. The fraction of sp³-hybridized carbons (Fsp3) is 0.286. The number of pyridine rings is 1. The van der Waals surface area contributed by atoms with E-state index in [0.29, 0.717) is 5.69 Å². The van der Waals surface area contributed by atoms with Gasteiger partial charge in [0, 0.05) is 17.3 Å². The van der Waals surface area contributed by atoms with Crippen molar-refractivity contribution >= 4 is 44.1 Å². The normalized spacial score (nSPS) is 23.3. The number of fused-ring (bicyclic) bond motifs is 1. The summed E-state index contributed by atoms with van der Waals surface area (Å²) < 4.78 is 22.9. The van der Waals surface area contributed by atoms with Crippen LogP contribution in [-0.4, -0.2) is 42.4 Å². The van der Waals surface area contributed by atoms with E-state index in [1.54, 1.807) is 24.4 Å². The molecule has 0 aliphatic carbocycles. The van der Waals surface area contributed by atoms with E-state index in [4.69, 9.17) is 11.6 Å². The Morgan fingerprint density at radius 1 is 1.27 bits per heavy atom. The number of halogens is 1. The molecule has 2 N–H and O–H groups in total. The Morgan fingerprint density at radius 3 is 2.82 bits per heavy atom. The minimum Gasteiger partial charge on any atom is -0.333 e. The van der Waals surface area contributed by atoms with Crippen LogP contribution >= 0.6 is 11.6 Å². The van der Waals surface area contributed by atoms with Crippen molar-refractivity contribution < 1.29 is 13.2 Å². The zero-order valence-electron chi connectivity index (χ0n) is 11.5. The van der Waals surface area contributed by atoms with Crippen molar-refractivity contribution in [1.82, 2.24) is 10.3 Å². The van der Waals surface area contributed by atoms with Gasteiger partial charge in [-0.15, -0.1) is 11.6 Å². The van der Waals surface area contributed by atoms with Crippen molar-refractivity contribution in [3.05, 3.63) is 36.5 Å². The van der Waals surface area contributed by atoms with Crippen LogP contribution in [0.2, 0.25) is 0 Å². The molecule has 1 aliphatic heterocycles. The van der Waals surface area contributed by atoms with Crippen LogP contribution in [0.3, 0.4) is 0 Å². The van der Waals surface area contributed by atoms with Crippen LogP contribution < -0.4 is 10.6 Å². The molecule has 3 rings (SSSR count). The van der Waals surface area contributed by atoms with Crippen LogP contribution in [0.15, 0.2) is 36.5 Å². The number of carbonyl (C=O) groups excluding carboxylic acids is 1. The Balaban J connectivity index is 1.68. The van der Waals surface area contributed by atoms with Gasteiger partial charge in [-0.1, -0.05) is 6.07 Å². The molecule has 2 atom stereocenters. The minimum absolute atomic E-state index is 0.110. The highest BCUT2D eigenvalue weighted by atomic mass is 35.5. The SMILES string of the molecule is O=C(Nc1ccc2ncccc2c1)N[C@@H]1CS(=O)(=O)C[C@H]1Cl. The van der Waals surface area contributed by atoms with Crippen molar-refractivity contribution in [1.29, 1.82) is 0 Å². The first-order valence-corrected chi connectivity index (χ1v) is 8.95. The van der Waals surface area contributed by atoms with E-state index in [-0.39, 0.29) is 11.5 Å². The van der Waals surface area contributed by atoms with Crippen LogP contribution in [0, 0.1) is 0 Å². The Labute approximate surface area is 132 Å². The first-order valence-electron chi connectivity index (χ1n) is 6.70. The summed E-state index contributed by atoms with van der Waals surface area (Å²) in [6, 6.07) is 7.99. The molecule has 0 spiro atoms. The molecule has 2 amide bonds. The van der Waals surface area contributed by atoms with Gasteiger partial charge in [0.1, 0.15) is 0 Å². The summed E-state index contributed by atoms with van der Waals surface area (Å²) in [6.45, 7) is 0. The molecule has 22 heavy (non-hydrogen) atoms. The first-order chi connectivity index (χ1) is 10.4. The molecule has 0 saturated carbocycles. The number of carbonyl (C=O) groups is 1. The van der Waals surface area contributed by atoms with Gasteiger partial charge in [0.25, 0.3) is 0 Å². The molecule has 2 heterocycles. The van der Waals surface area contributed by atoms with Crippen LogP contribution in [0.5, 0.6) is 0 Å². The van der Waals surface area contributed by atoms with E-state index in [9.17, 15) is 13.2 Å². The highest BCUT2D eigenvalue weighted by Gasteiger charge is 2.37. The Morgan fingerprint density at radius 2 is 2.09 bits per heavy atom.